The maximum Gasteiger partial charge on any atom is 0.253 e. The van der Waals surface area contributed by atoms with Gasteiger partial charge in [-0.05, 0) is 54.8 Å². The molecule has 146 valence electrons. The third-order valence-electron chi connectivity index (χ3n) is 5.07. The molecule has 1 N–H and O–H groups in total. The molecule has 2 amide bonds. The summed E-state index contributed by atoms with van der Waals surface area (Å²) in [5.74, 6) is 1.11. The van der Waals surface area contributed by atoms with Crippen LogP contribution in [0.1, 0.15) is 28.8 Å². The molecule has 0 saturated carbocycles. The van der Waals surface area contributed by atoms with Crippen LogP contribution < -0.4 is 14.8 Å². The van der Waals surface area contributed by atoms with E-state index in [-0.39, 0.29) is 24.5 Å². The van der Waals surface area contributed by atoms with Crippen molar-refractivity contribution in [2.75, 3.05) is 19.9 Å². The van der Waals surface area contributed by atoms with Gasteiger partial charge in [0.15, 0.2) is 11.5 Å². The van der Waals surface area contributed by atoms with Crippen molar-refractivity contribution in [3.63, 3.8) is 0 Å². The standard InChI is InChI=1S/C21H21ClN2O4/c22-17-6-4-15(5-7-17)21(26)24-9-1-2-16(12-24)20(25)23-11-14-3-8-18-19(10-14)28-13-27-18/h3-8,10,16H,1-2,9,11-13H2,(H,23,25)/t16-/m0/s1. The van der Waals surface area contributed by atoms with Crippen molar-refractivity contribution in [1.29, 1.82) is 0 Å². The van der Waals surface area contributed by atoms with Crippen LogP contribution in [0.25, 0.3) is 0 Å². The summed E-state index contributed by atoms with van der Waals surface area (Å²) in [6.45, 7) is 1.73. The topological polar surface area (TPSA) is 67.9 Å². The van der Waals surface area contributed by atoms with Crippen molar-refractivity contribution in [3.05, 3.63) is 58.6 Å². The highest BCUT2D eigenvalue weighted by atomic mass is 35.5. The Hall–Kier alpha value is -2.73. The fourth-order valence-corrected chi connectivity index (χ4v) is 3.66. The van der Waals surface area contributed by atoms with E-state index in [2.05, 4.69) is 5.32 Å². The molecule has 1 atom stereocenters. The van der Waals surface area contributed by atoms with Gasteiger partial charge in [-0.1, -0.05) is 17.7 Å². The molecule has 2 aliphatic rings. The van der Waals surface area contributed by atoms with Crippen molar-refractivity contribution < 1.29 is 19.1 Å². The average molecular weight is 401 g/mol. The minimum atomic E-state index is -0.209. The maximum absolute atomic E-state index is 12.7. The average Bonchev–Trinajstić information content (AvgIpc) is 3.20. The molecule has 0 aromatic heterocycles. The Kier molecular flexibility index (Phi) is 5.39. The molecule has 0 unspecified atom stereocenters. The number of piperidine rings is 1. The Bertz CT molecular complexity index is 884. The van der Waals surface area contributed by atoms with Crippen LogP contribution >= 0.6 is 11.6 Å². The highest BCUT2D eigenvalue weighted by Crippen LogP contribution is 2.32. The number of ether oxygens (including phenoxy) is 2. The lowest BCUT2D eigenvalue weighted by atomic mass is 9.96. The predicted octanol–water partition coefficient (Wildman–Crippen LogP) is 3.24. The van der Waals surface area contributed by atoms with Gasteiger partial charge in [-0.3, -0.25) is 9.59 Å². The first-order valence-electron chi connectivity index (χ1n) is 9.31. The smallest absolute Gasteiger partial charge is 0.253 e. The van der Waals surface area contributed by atoms with Gasteiger partial charge in [0.05, 0.1) is 5.92 Å². The summed E-state index contributed by atoms with van der Waals surface area (Å²) in [7, 11) is 0. The van der Waals surface area contributed by atoms with Gasteiger partial charge in [-0.2, -0.15) is 0 Å². The molecule has 2 aliphatic heterocycles. The number of fused-ring (bicyclic) bond motifs is 1. The van der Waals surface area contributed by atoms with Gasteiger partial charge in [0.2, 0.25) is 12.7 Å². The zero-order valence-electron chi connectivity index (χ0n) is 15.3. The summed E-state index contributed by atoms with van der Waals surface area (Å²) in [5, 5.41) is 3.57. The Morgan fingerprint density at radius 2 is 1.89 bits per heavy atom. The lowest BCUT2D eigenvalue weighted by Crippen LogP contribution is -2.45. The molecule has 1 saturated heterocycles. The fraction of sp³-hybridized carbons (Fsp3) is 0.333. The summed E-state index contributed by atoms with van der Waals surface area (Å²) >= 11 is 5.89. The zero-order valence-corrected chi connectivity index (χ0v) is 16.1. The van der Waals surface area contributed by atoms with Crippen molar-refractivity contribution in [2.45, 2.75) is 19.4 Å². The highest BCUT2D eigenvalue weighted by molar-refractivity contribution is 6.30. The number of benzene rings is 2. The second-order valence-corrected chi connectivity index (χ2v) is 7.44. The largest absolute Gasteiger partial charge is 0.454 e. The molecule has 0 aliphatic carbocycles. The fourth-order valence-electron chi connectivity index (χ4n) is 3.54. The lowest BCUT2D eigenvalue weighted by molar-refractivity contribution is -0.126. The Balaban J connectivity index is 1.34. The first-order valence-corrected chi connectivity index (χ1v) is 9.69. The number of amides is 2. The van der Waals surface area contributed by atoms with Crippen LogP contribution in [0.15, 0.2) is 42.5 Å². The van der Waals surface area contributed by atoms with Crippen LogP contribution in [0.5, 0.6) is 11.5 Å². The highest BCUT2D eigenvalue weighted by Gasteiger charge is 2.29. The molecule has 0 bridgehead atoms. The summed E-state index contributed by atoms with van der Waals surface area (Å²) in [5.41, 5.74) is 1.54. The van der Waals surface area contributed by atoms with E-state index < -0.39 is 0 Å². The van der Waals surface area contributed by atoms with Gasteiger partial charge in [0.1, 0.15) is 0 Å². The molecule has 4 rings (SSSR count). The van der Waals surface area contributed by atoms with Gasteiger partial charge in [0, 0.05) is 30.2 Å². The Labute approximate surface area is 168 Å². The van der Waals surface area contributed by atoms with E-state index in [0.29, 0.717) is 36.0 Å². The predicted molar refractivity (Wildman–Crippen MR) is 104 cm³/mol. The number of likely N-dealkylation sites (tertiary alicyclic amines) is 1. The third-order valence-corrected chi connectivity index (χ3v) is 5.33. The van der Waals surface area contributed by atoms with Crippen LogP contribution in [0.3, 0.4) is 0 Å². The van der Waals surface area contributed by atoms with Gasteiger partial charge in [-0.15, -0.1) is 0 Å². The number of nitrogens with zero attached hydrogens (tertiary/aromatic N) is 1. The minimum Gasteiger partial charge on any atom is -0.454 e. The van der Waals surface area contributed by atoms with E-state index in [1.165, 1.54) is 0 Å². The van der Waals surface area contributed by atoms with Crippen LogP contribution in [0.2, 0.25) is 5.02 Å². The molecule has 7 heteroatoms. The van der Waals surface area contributed by atoms with Gasteiger partial charge in [0.25, 0.3) is 5.91 Å². The molecular weight excluding hydrogens is 380 g/mol. The number of nitrogens with one attached hydrogen (secondary N) is 1. The summed E-state index contributed by atoms with van der Waals surface area (Å²) in [4.78, 5) is 27.1. The molecule has 2 heterocycles. The number of halogens is 1. The Morgan fingerprint density at radius 1 is 1.11 bits per heavy atom. The minimum absolute atomic E-state index is 0.0359. The lowest BCUT2D eigenvalue weighted by Gasteiger charge is -2.32. The van der Waals surface area contributed by atoms with E-state index in [0.717, 1.165) is 24.2 Å². The normalized spacial score (nSPS) is 18.0. The van der Waals surface area contributed by atoms with Gasteiger partial charge < -0.3 is 19.7 Å². The zero-order chi connectivity index (χ0) is 19.5. The van der Waals surface area contributed by atoms with Crippen LogP contribution in [0.4, 0.5) is 0 Å². The molecule has 28 heavy (non-hydrogen) atoms. The second-order valence-electron chi connectivity index (χ2n) is 7.00. The van der Waals surface area contributed by atoms with Gasteiger partial charge in [-0.25, -0.2) is 0 Å². The van der Waals surface area contributed by atoms with Crippen LogP contribution in [0, 0.1) is 5.92 Å². The molecule has 0 radical (unpaired) electrons. The van der Waals surface area contributed by atoms with Gasteiger partial charge >= 0.3 is 0 Å². The molecule has 0 spiro atoms. The summed E-state index contributed by atoms with van der Waals surface area (Å²) in [6.07, 6.45) is 1.58. The number of hydrogen-bond acceptors (Lipinski definition) is 4. The molecule has 2 aromatic rings. The van der Waals surface area contributed by atoms with E-state index >= 15 is 0 Å². The van der Waals surface area contributed by atoms with E-state index in [1.807, 2.05) is 18.2 Å². The monoisotopic (exact) mass is 400 g/mol. The third kappa shape index (κ3) is 4.07. The first kappa shape index (κ1) is 18.6. The first-order chi connectivity index (χ1) is 13.6. The molecule has 1 fully saturated rings. The molecule has 2 aromatic carbocycles. The van der Waals surface area contributed by atoms with Crippen molar-refractivity contribution in [3.8, 4) is 11.5 Å². The van der Waals surface area contributed by atoms with Crippen molar-refractivity contribution in [2.24, 2.45) is 5.92 Å². The maximum atomic E-state index is 12.7. The van der Waals surface area contributed by atoms with Crippen molar-refractivity contribution >= 4 is 23.4 Å². The van der Waals surface area contributed by atoms with E-state index in [9.17, 15) is 9.59 Å². The van der Waals surface area contributed by atoms with Crippen LogP contribution in [-0.2, 0) is 11.3 Å². The molecule has 6 nitrogen and oxygen atoms in total. The summed E-state index contributed by atoms with van der Waals surface area (Å²) < 4.78 is 10.7. The number of carbonyl (C=O) groups is 2. The quantitative estimate of drug-likeness (QED) is 0.855. The molecular formula is C21H21ClN2O4. The Morgan fingerprint density at radius 3 is 2.71 bits per heavy atom. The van der Waals surface area contributed by atoms with E-state index in [4.69, 9.17) is 21.1 Å². The van der Waals surface area contributed by atoms with E-state index in [1.54, 1.807) is 29.2 Å². The number of hydrogen-bond donors (Lipinski definition) is 1. The number of carbonyl (C=O) groups excluding carboxylic acids is 2. The van der Waals surface area contributed by atoms with Crippen molar-refractivity contribution in [1.82, 2.24) is 10.2 Å². The summed E-state index contributed by atoms with van der Waals surface area (Å²) in [6, 6.07) is 12.5. The second kappa shape index (κ2) is 8.10. The number of rotatable bonds is 4. The SMILES string of the molecule is O=C(NCc1ccc2c(c1)OCO2)[C@H]1CCCN(C(=O)c2ccc(Cl)cc2)C1. The van der Waals surface area contributed by atoms with Crippen LogP contribution in [-0.4, -0.2) is 36.6 Å².